The molecule has 0 spiro atoms. The van der Waals surface area contributed by atoms with Gasteiger partial charge in [-0.05, 0) is 29.0 Å². The summed E-state index contributed by atoms with van der Waals surface area (Å²) < 4.78 is 1.03. The molecule has 0 unspecified atom stereocenters. The van der Waals surface area contributed by atoms with Gasteiger partial charge in [-0.1, -0.05) is 0 Å². The van der Waals surface area contributed by atoms with Crippen LogP contribution in [0.2, 0.25) is 0 Å². The number of nitrogens with one attached hydrogen (secondary N) is 2. The fourth-order valence-electron chi connectivity index (χ4n) is 1.26. The van der Waals surface area contributed by atoms with E-state index in [1.165, 1.54) is 6.33 Å². The lowest BCUT2D eigenvalue weighted by Crippen LogP contribution is -2.06. The molecule has 0 aromatic carbocycles. The zero-order valence-electron chi connectivity index (χ0n) is 8.52. The van der Waals surface area contributed by atoms with Gasteiger partial charge in [-0.3, -0.25) is 5.10 Å². The van der Waals surface area contributed by atoms with Crippen molar-refractivity contribution in [2.45, 2.75) is 12.8 Å². The molecule has 16 heavy (non-hydrogen) atoms. The second-order valence-electron chi connectivity index (χ2n) is 3.18. The Kier molecular flexibility index (Phi) is 4.03. The molecule has 0 atom stereocenters. The summed E-state index contributed by atoms with van der Waals surface area (Å²) in [5.41, 5.74) is 0. The highest BCUT2D eigenvalue weighted by Crippen LogP contribution is 2.12. The molecular weight excluding hydrogens is 319 g/mol. The van der Waals surface area contributed by atoms with Crippen LogP contribution in [0.25, 0.3) is 0 Å². The third-order valence-electron chi connectivity index (χ3n) is 2.02. The van der Waals surface area contributed by atoms with Crippen LogP contribution >= 0.6 is 22.6 Å². The fourth-order valence-corrected chi connectivity index (χ4v) is 1.75. The molecule has 2 heterocycles. The Morgan fingerprint density at radius 2 is 2.25 bits per heavy atom. The molecule has 0 saturated heterocycles. The third kappa shape index (κ3) is 3.12. The maximum atomic E-state index is 4.15. The van der Waals surface area contributed by atoms with Gasteiger partial charge < -0.3 is 5.32 Å². The van der Waals surface area contributed by atoms with Crippen molar-refractivity contribution in [3.05, 3.63) is 28.2 Å². The van der Waals surface area contributed by atoms with Crippen LogP contribution in [-0.4, -0.2) is 31.7 Å². The van der Waals surface area contributed by atoms with Crippen molar-refractivity contribution in [1.82, 2.24) is 25.1 Å². The predicted molar refractivity (Wildman–Crippen MR) is 67.9 cm³/mol. The minimum Gasteiger partial charge on any atom is -0.369 e. The number of hydrogen-bond acceptors (Lipinski definition) is 5. The third-order valence-corrected chi connectivity index (χ3v) is 2.80. The zero-order valence-corrected chi connectivity index (χ0v) is 10.7. The van der Waals surface area contributed by atoms with E-state index < -0.39 is 0 Å². The van der Waals surface area contributed by atoms with Crippen molar-refractivity contribution in [2.75, 3.05) is 11.9 Å². The smallest absolute Gasteiger partial charge is 0.142 e. The number of hydrogen-bond donors (Lipinski definition) is 2. The molecule has 2 rings (SSSR count). The Morgan fingerprint density at radius 1 is 1.31 bits per heavy atom. The molecule has 0 aliphatic heterocycles. The quantitative estimate of drug-likeness (QED) is 0.637. The molecule has 0 amide bonds. The van der Waals surface area contributed by atoms with E-state index >= 15 is 0 Å². The van der Waals surface area contributed by atoms with Crippen molar-refractivity contribution >= 4 is 28.4 Å². The van der Waals surface area contributed by atoms with Gasteiger partial charge in [-0.25, -0.2) is 15.0 Å². The van der Waals surface area contributed by atoms with E-state index in [1.54, 1.807) is 12.5 Å². The minimum absolute atomic E-state index is 0.855. The topological polar surface area (TPSA) is 79.4 Å². The van der Waals surface area contributed by atoms with Crippen LogP contribution in [0.15, 0.2) is 18.9 Å². The van der Waals surface area contributed by atoms with Gasteiger partial charge in [0.05, 0.1) is 3.57 Å². The normalized spacial score (nSPS) is 10.3. The number of H-pyrrole nitrogens is 1. The van der Waals surface area contributed by atoms with Crippen molar-refractivity contribution < 1.29 is 0 Å². The van der Waals surface area contributed by atoms with Gasteiger partial charge in [0.25, 0.3) is 0 Å². The molecule has 7 heteroatoms. The summed E-state index contributed by atoms with van der Waals surface area (Å²) in [6, 6.07) is 0. The largest absolute Gasteiger partial charge is 0.369 e. The summed E-state index contributed by atoms with van der Waals surface area (Å²) in [6.07, 6.45) is 6.72. The number of anilines is 1. The lowest BCUT2D eigenvalue weighted by atomic mass is 10.3. The second kappa shape index (κ2) is 5.73. The van der Waals surface area contributed by atoms with Crippen molar-refractivity contribution in [1.29, 1.82) is 0 Å². The Hall–Kier alpha value is -1.25. The van der Waals surface area contributed by atoms with E-state index in [0.29, 0.717) is 0 Å². The molecule has 0 fully saturated rings. The zero-order chi connectivity index (χ0) is 11.2. The molecule has 0 radical (unpaired) electrons. The van der Waals surface area contributed by atoms with Gasteiger partial charge in [0.1, 0.15) is 24.3 Å². The monoisotopic (exact) mass is 330 g/mol. The molecule has 0 aliphatic carbocycles. The second-order valence-corrected chi connectivity index (χ2v) is 4.34. The van der Waals surface area contributed by atoms with Crippen LogP contribution in [0, 0.1) is 3.57 Å². The molecule has 0 aliphatic rings. The van der Waals surface area contributed by atoms with E-state index in [1.807, 2.05) is 0 Å². The summed E-state index contributed by atoms with van der Waals surface area (Å²) in [4.78, 5) is 12.1. The van der Waals surface area contributed by atoms with Gasteiger partial charge in [0.15, 0.2) is 0 Å². The Morgan fingerprint density at radius 3 is 3.00 bits per heavy atom. The number of nitrogens with zero attached hydrogens (tertiary/aromatic N) is 4. The summed E-state index contributed by atoms with van der Waals surface area (Å²) in [6.45, 7) is 0.855. The molecule has 84 valence electrons. The molecule has 2 aromatic rings. The van der Waals surface area contributed by atoms with E-state index in [2.05, 4.69) is 53.1 Å². The van der Waals surface area contributed by atoms with Gasteiger partial charge in [0.2, 0.25) is 0 Å². The number of aryl methyl sites for hydroxylation is 1. The maximum Gasteiger partial charge on any atom is 0.142 e. The molecular formula is C9H11IN6. The molecule has 2 aromatic heterocycles. The Labute approximate surface area is 106 Å². The summed E-state index contributed by atoms with van der Waals surface area (Å²) in [7, 11) is 0. The fraction of sp³-hybridized carbons (Fsp3) is 0.333. The summed E-state index contributed by atoms with van der Waals surface area (Å²) >= 11 is 2.21. The van der Waals surface area contributed by atoms with Crippen molar-refractivity contribution in [3.8, 4) is 0 Å². The van der Waals surface area contributed by atoms with Gasteiger partial charge in [0, 0.05) is 19.2 Å². The minimum atomic E-state index is 0.855. The maximum absolute atomic E-state index is 4.15. The highest BCUT2D eigenvalue weighted by atomic mass is 127. The predicted octanol–water partition coefficient (Wildman–Crippen LogP) is 1.24. The highest BCUT2D eigenvalue weighted by Gasteiger charge is 2.00. The van der Waals surface area contributed by atoms with E-state index in [9.17, 15) is 0 Å². The highest BCUT2D eigenvalue weighted by molar-refractivity contribution is 14.1. The van der Waals surface area contributed by atoms with Crippen molar-refractivity contribution in [3.63, 3.8) is 0 Å². The number of halogens is 1. The first-order chi connectivity index (χ1) is 7.86. The first kappa shape index (κ1) is 11.2. The Bertz CT molecular complexity index is 429. The molecule has 2 N–H and O–H groups in total. The molecule has 0 saturated carbocycles. The van der Waals surface area contributed by atoms with Crippen LogP contribution in [0.1, 0.15) is 12.2 Å². The van der Waals surface area contributed by atoms with E-state index in [4.69, 9.17) is 0 Å². The lowest BCUT2D eigenvalue weighted by Gasteiger charge is -2.05. The SMILES string of the molecule is Ic1cncnc1NCCCc1ncn[nH]1. The van der Waals surface area contributed by atoms with E-state index in [0.717, 1.165) is 34.6 Å². The average molecular weight is 330 g/mol. The van der Waals surface area contributed by atoms with Gasteiger partial charge in [-0.2, -0.15) is 5.10 Å². The number of aromatic amines is 1. The summed E-state index contributed by atoms with van der Waals surface area (Å²) in [5, 5.41) is 9.88. The van der Waals surface area contributed by atoms with Crippen LogP contribution in [-0.2, 0) is 6.42 Å². The van der Waals surface area contributed by atoms with Crippen molar-refractivity contribution in [2.24, 2.45) is 0 Å². The van der Waals surface area contributed by atoms with Crippen LogP contribution in [0.3, 0.4) is 0 Å². The molecule has 0 bridgehead atoms. The van der Waals surface area contributed by atoms with E-state index in [-0.39, 0.29) is 0 Å². The van der Waals surface area contributed by atoms with Crippen LogP contribution in [0.4, 0.5) is 5.82 Å². The first-order valence-electron chi connectivity index (χ1n) is 4.90. The van der Waals surface area contributed by atoms with Crippen LogP contribution in [0.5, 0.6) is 0 Å². The lowest BCUT2D eigenvalue weighted by molar-refractivity contribution is 0.802. The average Bonchev–Trinajstić information content (AvgIpc) is 2.79. The number of rotatable bonds is 5. The summed E-state index contributed by atoms with van der Waals surface area (Å²) in [5.74, 6) is 1.80. The molecule has 6 nitrogen and oxygen atoms in total. The first-order valence-corrected chi connectivity index (χ1v) is 5.98. The van der Waals surface area contributed by atoms with Crippen LogP contribution < -0.4 is 5.32 Å². The standard InChI is InChI=1S/C9H11IN6/c10-7-4-11-5-14-9(7)12-3-1-2-8-13-6-15-16-8/h4-6H,1-3H2,(H,11,12,14)(H,13,15,16). The van der Waals surface area contributed by atoms with Gasteiger partial charge >= 0.3 is 0 Å². The van der Waals surface area contributed by atoms with Gasteiger partial charge in [-0.15, -0.1) is 0 Å². The number of aromatic nitrogens is 5. The Balaban J connectivity index is 1.74.